The Morgan fingerprint density at radius 3 is 2.66 bits per heavy atom. The van der Waals surface area contributed by atoms with Crippen LogP contribution in [0.4, 0.5) is 0 Å². The van der Waals surface area contributed by atoms with E-state index >= 15 is 0 Å². The topological polar surface area (TPSA) is 92.9 Å². The Balaban J connectivity index is 1.90. The fourth-order valence-electron chi connectivity index (χ4n) is 3.40. The minimum Gasteiger partial charge on any atom is -0.463 e. The summed E-state index contributed by atoms with van der Waals surface area (Å²) in [7, 11) is 1.29. The zero-order valence-electron chi connectivity index (χ0n) is 15.7. The second-order valence-electron chi connectivity index (χ2n) is 6.73. The minimum atomic E-state index is -0.594. The number of amidine groups is 1. The highest BCUT2D eigenvalue weighted by Crippen LogP contribution is 2.37. The molecule has 2 aromatic carbocycles. The first-order chi connectivity index (χ1) is 14.0. The van der Waals surface area contributed by atoms with Crippen LogP contribution in [0.5, 0.6) is 0 Å². The summed E-state index contributed by atoms with van der Waals surface area (Å²) in [5.41, 5.74) is 8.48. The summed E-state index contributed by atoms with van der Waals surface area (Å²) in [5, 5.41) is 1.38. The van der Waals surface area contributed by atoms with E-state index in [0.29, 0.717) is 16.2 Å². The molecule has 3 aromatic rings. The highest BCUT2D eigenvalue weighted by Gasteiger charge is 2.32. The molecule has 0 saturated carbocycles. The number of hydrazine groups is 1. The lowest BCUT2D eigenvalue weighted by Gasteiger charge is -2.32. The minimum absolute atomic E-state index is 0.0483. The number of fused-ring (bicyclic) bond motifs is 1. The van der Waals surface area contributed by atoms with Gasteiger partial charge in [-0.25, -0.2) is 15.0 Å². The first-order valence-electron chi connectivity index (χ1n) is 8.94. The monoisotopic (exact) mass is 411 g/mol. The van der Waals surface area contributed by atoms with Crippen molar-refractivity contribution in [2.45, 2.75) is 19.0 Å². The molecule has 8 heteroatoms. The van der Waals surface area contributed by atoms with Crippen LogP contribution in [-0.2, 0) is 9.53 Å². The smallest absolute Gasteiger partial charge is 0.374 e. The number of halogens is 1. The molecule has 29 heavy (non-hydrogen) atoms. The highest BCUT2D eigenvalue weighted by molar-refractivity contribution is 6.35. The molecule has 2 N–H and O–H groups in total. The number of aliphatic imine (C=N–C) groups is 1. The van der Waals surface area contributed by atoms with Gasteiger partial charge in [0.05, 0.1) is 19.2 Å². The Bertz CT molecular complexity index is 1170. The molecular formula is C21H18ClN3O4. The lowest BCUT2D eigenvalue weighted by atomic mass is 9.91. The third-order valence-electron chi connectivity index (χ3n) is 4.79. The Morgan fingerprint density at radius 2 is 1.93 bits per heavy atom. The van der Waals surface area contributed by atoms with E-state index in [9.17, 15) is 9.59 Å². The third kappa shape index (κ3) is 3.74. The summed E-state index contributed by atoms with van der Waals surface area (Å²) in [6.45, 7) is 1.96. The number of nitrogens with one attached hydrogen (secondary N) is 2. The number of benzene rings is 2. The molecular weight excluding hydrogens is 394 g/mol. The molecule has 4 rings (SSSR count). The molecule has 0 radical (unpaired) electrons. The van der Waals surface area contributed by atoms with Crippen molar-refractivity contribution >= 4 is 34.4 Å². The fraction of sp³-hybridized carbons (Fsp3) is 0.190. The maximum atomic E-state index is 12.2. The number of hydrogen-bond acceptors (Lipinski definition) is 7. The Hall–Kier alpha value is -3.16. The molecule has 0 aliphatic carbocycles. The first-order valence-corrected chi connectivity index (χ1v) is 9.31. The first kappa shape index (κ1) is 19.2. The van der Waals surface area contributed by atoms with Gasteiger partial charge >= 0.3 is 11.6 Å². The van der Waals surface area contributed by atoms with Gasteiger partial charge in [-0.2, -0.15) is 0 Å². The summed E-state index contributed by atoms with van der Waals surface area (Å²) in [4.78, 5) is 28.8. The van der Waals surface area contributed by atoms with E-state index in [2.05, 4.69) is 15.8 Å². The summed E-state index contributed by atoms with van der Waals surface area (Å²) in [6.07, 6.45) is 0. The number of ether oxygens (including phenoxy) is 1. The zero-order chi connectivity index (χ0) is 20.5. The number of carbonyl (C=O) groups is 1. The Morgan fingerprint density at radius 1 is 1.17 bits per heavy atom. The van der Waals surface area contributed by atoms with Gasteiger partial charge in [-0.05, 0) is 42.3 Å². The molecule has 2 atom stereocenters. The number of esters is 1. The van der Waals surface area contributed by atoms with Crippen LogP contribution in [-0.4, -0.2) is 18.9 Å². The number of nitrogens with zero attached hydrogens (tertiary/aromatic N) is 1. The molecule has 0 spiro atoms. The summed E-state index contributed by atoms with van der Waals surface area (Å²) < 4.78 is 10.1. The Kier molecular flexibility index (Phi) is 5.08. The van der Waals surface area contributed by atoms with Gasteiger partial charge in [-0.3, -0.25) is 10.4 Å². The lowest BCUT2D eigenvalue weighted by molar-refractivity contribution is -0.133. The molecule has 7 nitrogen and oxygen atoms in total. The van der Waals surface area contributed by atoms with Gasteiger partial charge < -0.3 is 9.15 Å². The van der Waals surface area contributed by atoms with Crippen LogP contribution in [0.15, 0.2) is 62.7 Å². The summed E-state index contributed by atoms with van der Waals surface area (Å²) in [6, 6.07) is 13.3. The molecule has 1 aromatic heterocycles. The van der Waals surface area contributed by atoms with Gasteiger partial charge in [0, 0.05) is 16.5 Å². The Labute approximate surface area is 171 Å². The third-order valence-corrected chi connectivity index (χ3v) is 5.04. The molecule has 0 bridgehead atoms. The second-order valence-corrected chi connectivity index (χ2v) is 7.17. The van der Waals surface area contributed by atoms with E-state index in [-0.39, 0.29) is 5.84 Å². The van der Waals surface area contributed by atoms with Crippen molar-refractivity contribution in [3.8, 4) is 0 Å². The van der Waals surface area contributed by atoms with E-state index in [0.717, 1.165) is 16.5 Å². The lowest BCUT2D eigenvalue weighted by Crippen LogP contribution is -2.49. The predicted molar refractivity (Wildman–Crippen MR) is 110 cm³/mol. The van der Waals surface area contributed by atoms with E-state index in [1.54, 1.807) is 18.2 Å². The van der Waals surface area contributed by atoms with Crippen molar-refractivity contribution < 1.29 is 13.9 Å². The predicted octanol–water partition coefficient (Wildman–Crippen LogP) is 3.22. The molecule has 0 amide bonds. The van der Waals surface area contributed by atoms with Gasteiger partial charge in [0.2, 0.25) is 5.84 Å². The standard InChI is InChI=1S/C21H18ClN3O4/c1-11-3-8-16-14(9-11)15(10-17(26)29-16)19-18(12-4-6-13(22)7-5-12)23-20(25-24-19)21(27)28-2/h3-10,18-19,24H,1-2H3,(H,23,25). The zero-order valence-corrected chi connectivity index (χ0v) is 16.5. The summed E-state index contributed by atoms with van der Waals surface area (Å²) in [5.74, 6) is -0.546. The van der Waals surface area contributed by atoms with Crippen molar-refractivity contribution in [1.82, 2.24) is 10.9 Å². The molecule has 0 saturated heterocycles. The van der Waals surface area contributed by atoms with Crippen LogP contribution < -0.4 is 16.5 Å². The molecule has 2 heterocycles. The quantitative estimate of drug-likeness (QED) is 0.507. The fourth-order valence-corrected chi connectivity index (χ4v) is 3.53. The van der Waals surface area contributed by atoms with Crippen molar-refractivity contribution in [1.29, 1.82) is 0 Å². The number of hydrogen-bond donors (Lipinski definition) is 2. The molecule has 148 valence electrons. The normalized spacial score (nSPS) is 18.8. The second kappa shape index (κ2) is 7.69. The maximum Gasteiger partial charge on any atom is 0.374 e. The van der Waals surface area contributed by atoms with Crippen LogP contribution in [0, 0.1) is 6.92 Å². The molecule has 0 fully saturated rings. The average molecular weight is 412 g/mol. The van der Waals surface area contributed by atoms with Crippen molar-refractivity contribution in [3.63, 3.8) is 0 Å². The number of rotatable bonds is 3. The van der Waals surface area contributed by atoms with Gasteiger partial charge in [0.1, 0.15) is 5.58 Å². The van der Waals surface area contributed by atoms with Crippen LogP contribution in [0.25, 0.3) is 11.0 Å². The van der Waals surface area contributed by atoms with Gasteiger partial charge in [-0.15, -0.1) is 0 Å². The largest absolute Gasteiger partial charge is 0.463 e. The van der Waals surface area contributed by atoms with E-state index in [1.165, 1.54) is 13.2 Å². The van der Waals surface area contributed by atoms with E-state index in [4.69, 9.17) is 20.8 Å². The van der Waals surface area contributed by atoms with Crippen LogP contribution in [0.1, 0.15) is 28.8 Å². The highest BCUT2D eigenvalue weighted by atomic mass is 35.5. The molecule has 1 aliphatic heterocycles. The van der Waals surface area contributed by atoms with Gasteiger partial charge in [-0.1, -0.05) is 35.4 Å². The van der Waals surface area contributed by atoms with E-state index < -0.39 is 23.7 Å². The molecule has 2 unspecified atom stereocenters. The van der Waals surface area contributed by atoms with Crippen LogP contribution >= 0.6 is 11.6 Å². The maximum absolute atomic E-state index is 12.2. The van der Waals surface area contributed by atoms with Crippen molar-refractivity contribution in [3.05, 3.63) is 80.7 Å². The van der Waals surface area contributed by atoms with Crippen LogP contribution in [0.2, 0.25) is 5.02 Å². The van der Waals surface area contributed by atoms with Gasteiger partial charge in [0.25, 0.3) is 0 Å². The number of methoxy groups -OCH3 is 1. The SMILES string of the molecule is COC(=O)C1=NC(c2ccc(Cl)cc2)C(c2cc(=O)oc3ccc(C)cc23)NN1. The average Bonchev–Trinajstić information content (AvgIpc) is 2.73. The van der Waals surface area contributed by atoms with Gasteiger partial charge in [0.15, 0.2) is 0 Å². The van der Waals surface area contributed by atoms with Crippen LogP contribution in [0.3, 0.4) is 0 Å². The van der Waals surface area contributed by atoms with Crippen molar-refractivity contribution in [2.75, 3.05) is 7.11 Å². The van der Waals surface area contributed by atoms with E-state index in [1.807, 2.05) is 31.2 Å². The van der Waals surface area contributed by atoms with Crippen molar-refractivity contribution in [2.24, 2.45) is 4.99 Å². The molecule has 1 aliphatic rings. The number of carbonyl (C=O) groups excluding carboxylic acids is 1. The summed E-state index contributed by atoms with van der Waals surface area (Å²) >= 11 is 6.03. The number of aryl methyl sites for hydroxylation is 1.